The van der Waals surface area contributed by atoms with Crippen LogP contribution in [0.1, 0.15) is 5.56 Å². The third-order valence-electron chi connectivity index (χ3n) is 2.95. The summed E-state index contributed by atoms with van der Waals surface area (Å²) < 4.78 is 5.84. The minimum atomic E-state index is -1.50. The van der Waals surface area contributed by atoms with Gasteiger partial charge in [0.25, 0.3) is 5.69 Å². The molecule has 0 spiro atoms. The van der Waals surface area contributed by atoms with Crippen molar-refractivity contribution in [2.45, 2.75) is 13.2 Å². The summed E-state index contributed by atoms with van der Waals surface area (Å²) in [5, 5.41) is 12.1. The van der Waals surface area contributed by atoms with E-state index in [2.05, 4.69) is 6.55 Å². The van der Waals surface area contributed by atoms with Gasteiger partial charge in [-0.15, -0.1) is 0 Å². The van der Waals surface area contributed by atoms with E-state index in [4.69, 9.17) is 4.43 Å². The van der Waals surface area contributed by atoms with E-state index >= 15 is 0 Å². The van der Waals surface area contributed by atoms with Crippen LogP contribution in [0, 0.1) is 10.1 Å². The van der Waals surface area contributed by atoms with Gasteiger partial charge in [0.2, 0.25) is 9.04 Å². The molecule has 0 saturated carbocycles. The Morgan fingerprint density at radius 2 is 1.74 bits per heavy atom. The topological polar surface area (TPSA) is 52.4 Å². The molecule has 0 aliphatic rings. The molecule has 0 bridgehead atoms. The molecule has 0 aliphatic carbocycles. The minimum absolute atomic E-state index is 0.122. The Morgan fingerprint density at radius 3 is 2.42 bits per heavy atom. The van der Waals surface area contributed by atoms with Crippen molar-refractivity contribution in [2.24, 2.45) is 0 Å². The second kappa shape index (κ2) is 6.26. The average Bonchev–Trinajstić information content (AvgIpc) is 2.46. The summed E-state index contributed by atoms with van der Waals surface area (Å²) in [4.78, 5) is 10.5. The first kappa shape index (κ1) is 13.4. The molecule has 98 valence electrons. The van der Waals surface area contributed by atoms with Gasteiger partial charge in [0.15, 0.2) is 0 Å². The highest BCUT2D eigenvalue weighted by Crippen LogP contribution is 2.18. The zero-order chi connectivity index (χ0) is 13.7. The maximum absolute atomic E-state index is 10.9. The van der Waals surface area contributed by atoms with Crippen molar-refractivity contribution in [3.05, 3.63) is 70.3 Å². The van der Waals surface area contributed by atoms with E-state index in [1.807, 2.05) is 30.3 Å². The third kappa shape index (κ3) is 3.49. The molecule has 2 rings (SSSR count). The first-order valence-corrected chi connectivity index (χ1v) is 8.27. The van der Waals surface area contributed by atoms with E-state index in [1.165, 1.54) is 11.3 Å². The summed E-state index contributed by atoms with van der Waals surface area (Å²) in [5.74, 6) is 0. The van der Waals surface area contributed by atoms with Crippen LogP contribution in [0.4, 0.5) is 5.69 Å². The van der Waals surface area contributed by atoms with Crippen LogP contribution >= 0.6 is 0 Å². The number of rotatable bonds is 5. The lowest BCUT2D eigenvalue weighted by atomic mass is 10.2. The molecule has 4 nitrogen and oxygen atoms in total. The molecule has 0 saturated heterocycles. The fourth-order valence-corrected chi connectivity index (χ4v) is 3.23. The van der Waals surface area contributed by atoms with Gasteiger partial charge in [-0.25, -0.2) is 0 Å². The molecular formula is C14H15NO3Si. The quantitative estimate of drug-likeness (QED) is 0.477. The maximum Gasteiger partial charge on any atom is 0.274 e. The maximum atomic E-state index is 10.9. The number of nitro benzene ring substituents is 1. The summed E-state index contributed by atoms with van der Waals surface area (Å²) >= 11 is 0. The predicted octanol–water partition coefficient (Wildman–Crippen LogP) is 2.37. The van der Waals surface area contributed by atoms with Crippen molar-refractivity contribution in [3.63, 3.8) is 0 Å². The number of hydrogen-bond donors (Lipinski definition) is 0. The Kier molecular flexibility index (Phi) is 4.43. The second-order valence-corrected chi connectivity index (χ2v) is 6.53. The Bertz CT molecular complexity index is 560. The Hall–Kier alpha value is -1.98. The van der Waals surface area contributed by atoms with Crippen molar-refractivity contribution in [1.82, 2.24) is 0 Å². The van der Waals surface area contributed by atoms with Gasteiger partial charge in [-0.3, -0.25) is 10.1 Å². The number of benzene rings is 2. The summed E-state index contributed by atoms with van der Waals surface area (Å²) in [6.07, 6.45) is 0. The van der Waals surface area contributed by atoms with Gasteiger partial charge in [-0.1, -0.05) is 42.5 Å². The molecule has 0 N–H and O–H groups in total. The number of nitro groups is 1. The Balaban J connectivity index is 2.05. The Morgan fingerprint density at radius 1 is 1.11 bits per heavy atom. The smallest absolute Gasteiger partial charge is 0.274 e. The van der Waals surface area contributed by atoms with Gasteiger partial charge >= 0.3 is 0 Å². The molecule has 5 heteroatoms. The van der Waals surface area contributed by atoms with Crippen molar-refractivity contribution >= 4 is 19.9 Å². The van der Waals surface area contributed by atoms with E-state index in [0.717, 1.165) is 0 Å². The first-order valence-electron chi connectivity index (χ1n) is 6.07. The third-order valence-corrected chi connectivity index (χ3v) is 4.94. The van der Waals surface area contributed by atoms with Crippen molar-refractivity contribution < 1.29 is 9.35 Å². The number of hydrogen-bond acceptors (Lipinski definition) is 3. The first-order chi connectivity index (χ1) is 9.18. The summed E-state index contributed by atoms with van der Waals surface area (Å²) in [7, 11) is -1.50. The highest BCUT2D eigenvalue weighted by atomic mass is 28.3. The molecule has 2 aromatic rings. The van der Waals surface area contributed by atoms with E-state index < -0.39 is 9.04 Å². The molecule has 0 amide bonds. The van der Waals surface area contributed by atoms with Gasteiger partial charge in [-0.05, 0) is 17.8 Å². The van der Waals surface area contributed by atoms with E-state index in [0.29, 0.717) is 12.2 Å². The molecule has 0 heterocycles. The zero-order valence-electron chi connectivity index (χ0n) is 10.7. The molecule has 1 unspecified atom stereocenters. The lowest BCUT2D eigenvalue weighted by Gasteiger charge is -2.12. The van der Waals surface area contributed by atoms with Gasteiger partial charge in [0.05, 0.1) is 17.1 Å². The lowest BCUT2D eigenvalue weighted by Crippen LogP contribution is -2.29. The van der Waals surface area contributed by atoms with Gasteiger partial charge in [0.1, 0.15) is 0 Å². The molecule has 19 heavy (non-hydrogen) atoms. The van der Waals surface area contributed by atoms with Gasteiger partial charge < -0.3 is 4.43 Å². The molecule has 0 aliphatic heterocycles. The number of para-hydroxylation sites is 1. The van der Waals surface area contributed by atoms with Crippen LogP contribution in [-0.2, 0) is 11.0 Å². The van der Waals surface area contributed by atoms with Gasteiger partial charge in [-0.2, -0.15) is 0 Å². The fourth-order valence-electron chi connectivity index (χ4n) is 1.85. The monoisotopic (exact) mass is 273 g/mol. The van der Waals surface area contributed by atoms with E-state index in [-0.39, 0.29) is 10.6 Å². The largest absolute Gasteiger partial charge is 0.411 e. The van der Waals surface area contributed by atoms with Crippen molar-refractivity contribution in [2.75, 3.05) is 0 Å². The van der Waals surface area contributed by atoms with Crippen LogP contribution < -0.4 is 5.19 Å². The molecule has 0 aromatic heterocycles. The fraction of sp³-hybridized carbons (Fsp3) is 0.143. The Labute approximate surface area is 113 Å². The van der Waals surface area contributed by atoms with Crippen LogP contribution in [-0.4, -0.2) is 14.0 Å². The van der Waals surface area contributed by atoms with Crippen LogP contribution in [0.2, 0.25) is 6.55 Å². The highest BCUT2D eigenvalue weighted by Gasteiger charge is 2.14. The predicted molar refractivity (Wildman–Crippen MR) is 77.0 cm³/mol. The minimum Gasteiger partial charge on any atom is -0.411 e. The molecule has 0 radical (unpaired) electrons. The summed E-state index contributed by atoms with van der Waals surface area (Å²) in [6, 6.07) is 16.7. The van der Waals surface area contributed by atoms with Crippen molar-refractivity contribution in [1.29, 1.82) is 0 Å². The highest BCUT2D eigenvalue weighted by molar-refractivity contribution is 6.66. The van der Waals surface area contributed by atoms with Crippen LogP contribution in [0.5, 0.6) is 0 Å². The van der Waals surface area contributed by atoms with Crippen LogP contribution in [0.25, 0.3) is 0 Å². The zero-order valence-corrected chi connectivity index (χ0v) is 11.8. The standard InChI is InChI=1S/C14H15NO3Si/c1-19(13-8-3-2-4-9-13)18-11-12-7-5-6-10-14(12)15(16)17/h2-10,19H,11H2,1H3. The molecular weight excluding hydrogens is 258 g/mol. The molecule has 2 aromatic carbocycles. The second-order valence-electron chi connectivity index (χ2n) is 4.25. The number of nitrogens with zero attached hydrogens (tertiary/aromatic N) is 1. The molecule has 1 atom stereocenters. The average molecular weight is 273 g/mol. The normalized spacial score (nSPS) is 12.1. The SMILES string of the molecule is C[SiH](OCc1ccccc1[N+](=O)[O-])c1ccccc1. The van der Waals surface area contributed by atoms with E-state index in [9.17, 15) is 10.1 Å². The lowest BCUT2D eigenvalue weighted by molar-refractivity contribution is -0.385. The van der Waals surface area contributed by atoms with E-state index in [1.54, 1.807) is 18.2 Å². The van der Waals surface area contributed by atoms with Crippen molar-refractivity contribution in [3.8, 4) is 0 Å². The molecule has 0 fully saturated rings. The van der Waals surface area contributed by atoms with Crippen LogP contribution in [0.3, 0.4) is 0 Å². The van der Waals surface area contributed by atoms with Crippen LogP contribution in [0.15, 0.2) is 54.6 Å². The summed E-state index contributed by atoms with van der Waals surface area (Å²) in [6.45, 7) is 2.36. The summed E-state index contributed by atoms with van der Waals surface area (Å²) in [5.41, 5.74) is 0.750. The van der Waals surface area contributed by atoms with Gasteiger partial charge in [0, 0.05) is 6.07 Å².